The third-order valence-electron chi connectivity index (χ3n) is 2.77. The molecule has 0 spiro atoms. The SMILES string of the molecule is COc1cc(C)cc([C@H]2CCCN2)c1. The van der Waals surface area contributed by atoms with Crippen molar-refractivity contribution in [2.24, 2.45) is 0 Å². The zero-order valence-corrected chi connectivity index (χ0v) is 8.84. The van der Waals surface area contributed by atoms with E-state index in [1.165, 1.54) is 24.0 Å². The van der Waals surface area contributed by atoms with Gasteiger partial charge in [0.2, 0.25) is 0 Å². The van der Waals surface area contributed by atoms with E-state index in [0.717, 1.165) is 12.3 Å². The Morgan fingerprint density at radius 1 is 1.36 bits per heavy atom. The molecular weight excluding hydrogens is 174 g/mol. The summed E-state index contributed by atoms with van der Waals surface area (Å²) < 4.78 is 5.27. The van der Waals surface area contributed by atoms with Gasteiger partial charge in [0.25, 0.3) is 0 Å². The minimum absolute atomic E-state index is 0.531. The van der Waals surface area contributed by atoms with Crippen LogP contribution in [-0.2, 0) is 0 Å². The van der Waals surface area contributed by atoms with Crippen LogP contribution in [0.2, 0.25) is 0 Å². The third-order valence-corrected chi connectivity index (χ3v) is 2.77. The monoisotopic (exact) mass is 191 g/mol. The molecule has 2 nitrogen and oxygen atoms in total. The highest BCUT2D eigenvalue weighted by Crippen LogP contribution is 2.27. The number of hydrogen-bond donors (Lipinski definition) is 1. The summed E-state index contributed by atoms with van der Waals surface area (Å²) in [6.45, 7) is 3.25. The molecule has 76 valence electrons. The second-order valence-corrected chi connectivity index (χ2v) is 3.93. The van der Waals surface area contributed by atoms with E-state index in [1.54, 1.807) is 7.11 Å². The van der Waals surface area contributed by atoms with Crippen LogP contribution in [0.3, 0.4) is 0 Å². The van der Waals surface area contributed by atoms with Crippen LogP contribution in [0.15, 0.2) is 18.2 Å². The molecule has 1 aliphatic heterocycles. The van der Waals surface area contributed by atoms with Crippen molar-refractivity contribution >= 4 is 0 Å². The van der Waals surface area contributed by atoms with E-state index in [-0.39, 0.29) is 0 Å². The molecule has 1 atom stereocenters. The van der Waals surface area contributed by atoms with Crippen LogP contribution in [0.1, 0.15) is 30.0 Å². The zero-order valence-electron chi connectivity index (χ0n) is 8.84. The molecule has 1 N–H and O–H groups in total. The van der Waals surface area contributed by atoms with Gasteiger partial charge in [-0.3, -0.25) is 0 Å². The summed E-state index contributed by atoms with van der Waals surface area (Å²) in [4.78, 5) is 0. The van der Waals surface area contributed by atoms with Gasteiger partial charge in [-0.25, -0.2) is 0 Å². The maximum atomic E-state index is 5.27. The van der Waals surface area contributed by atoms with Gasteiger partial charge >= 0.3 is 0 Å². The summed E-state index contributed by atoms with van der Waals surface area (Å²) >= 11 is 0. The highest BCUT2D eigenvalue weighted by molar-refractivity contribution is 5.35. The van der Waals surface area contributed by atoms with Gasteiger partial charge in [-0.15, -0.1) is 0 Å². The van der Waals surface area contributed by atoms with Crippen molar-refractivity contribution < 1.29 is 4.74 Å². The number of aryl methyl sites for hydroxylation is 1. The van der Waals surface area contributed by atoms with Gasteiger partial charge < -0.3 is 10.1 Å². The van der Waals surface area contributed by atoms with Crippen molar-refractivity contribution in [3.8, 4) is 5.75 Å². The largest absolute Gasteiger partial charge is 0.497 e. The molecule has 1 aliphatic rings. The van der Waals surface area contributed by atoms with Crippen molar-refractivity contribution in [2.75, 3.05) is 13.7 Å². The summed E-state index contributed by atoms with van der Waals surface area (Å²) in [7, 11) is 1.72. The maximum absolute atomic E-state index is 5.27. The van der Waals surface area contributed by atoms with Crippen LogP contribution >= 0.6 is 0 Å². The molecule has 0 saturated carbocycles. The number of rotatable bonds is 2. The molecule has 0 unspecified atom stereocenters. The average Bonchev–Trinajstić information content (AvgIpc) is 2.69. The van der Waals surface area contributed by atoms with Gasteiger partial charge in [-0.2, -0.15) is 0 Å². The Hall–Kier alpha value is -1.02. The zero-order chi connectivity index (χ0) is 9.97. The number of methoxy groups -OCH3 is 1. The summed E-state index contributed by atoms with van der Waals surface area (Å²) in [5.41, 5.74) is 2.63. The number of nitrogens with one attached hydrogen (secondary N) is 1. The minimum atomic E-state index is 0.531. The molecule has 2 rings (SSSR count). The second-order valence-electron chi connectivity index (χ2n) is 3.93. The van der Waals surface area contributed by atoms with Crippen LogP contribution in [0.5, 0.6) is 5.75 Å². The fourth-order valence-corrected chi connectivity index (χ4v) is 2.06. The molecule has 0 radical (unpaired) electrons. The lowest BCUT2D eigenvalue weighted by Crippen LogP contribution is -2.12. The van der Waals surface area contributed by atoms with Crippen molar-refractivity contribution in [3.63, 3.8) is 0 Å². The van der Waals surface area contributed by atoms with E-state index in [1.807, 2.05) is 0 Å². The first kappa shape index (κ1) is 9.53. The summed E-state index contributed by atoms with van der Waals surface area (Å²) in [6, 6.07) is 6.98. The Morgan fingerprint density at radius 3 is 2.86 bits per heavy atom. The Kier molecular flexibility index (Phi) is 2.73. The van der Waals surface area contributed by atoms with Gasteiger partial charge in [-0.1, -0.05) is 6.07 Å². The molecule has 1 heterocycles. The smallest absolute Gasteiger partial charge is 0.119 e. The lowest BCUT2D eigenvalue weighted by molar-refractivity contribution is 0.413. The van der Waals surface area contributed by atoms with Crippen LogP contribution in [-0.4, -0.2) is 13.7 Å². The van der Waals surface area contributed by atoms with Crippen LogP contribution < -0.4 is 10.1 Å². The molecule has 0 amide bonds. The fraction of sp³-hybridized carbons (Fsp3) is 0.500. The highest BCUT2D eigenvalue weighted by Gasteiger charge is 2.16. The Labute approximate surface area is 85.3 Å². The Balaban J connectivity index is 2.27. The van der Waals surface area contributed by atoms with Gasteiger partial charge in [-0.05, 0) is 49.6 Å². The molecule has 0 aliphatic carbocycles. The summed E-state index contributed by atoms with van der Waals surface area (Å²) in [5.74, 6) is 0.966. The molecule has 2 heteroatoms. The van der Waals surface area contributed by atoms with Gasteiger partial charge in [0.15, 0.2) is 0 Å². The predicted octanol–water partition coefficient (Wildman–Crippen LogP) is 2.43. The third kappa shape index (κ3) is 1.90. The topological polar surface area (TPSA) is 21.3 Å². The van der Waals surface area contributed by atoms with E-state index in [2.05, 4.69) is 30.4 Å². The lowest BCUT2D eigenvalue weighted by atomic mass is 10.0. The summed E-state index contributed by atoms with van der Waals surface area (Å²) in [5, 5.41) is 3.50. The van der Waals surface area contributed by atoms with Gasteiger partial charge in [0, 0.05) is 6.04 Å². The van der Waals surface area contributed by atoms with Crippen molar-refractivity contribution in [1.82, 2.24) is 5.32 Å². The number of benzene rings is 1. The standard InChI is InChI=1S/C12H17NO/c1-9-6-10(8-11(7-9)14-2)12-4-3-5-13-12/h6-8,12-13H,3-5H2,1-2H3/t12-/m1/s1. The first-order valence-electron chi connectivity index (χ1n) is 5.18. The van der Waals surface area contributed by atoms with E-state index >= 15 is 0 Å². The molecule has 1 saturated heterocycles. The van der Waals surface area contributed by atoms with Crippen LogP contribution in [0.4, 0.5) is 0 Å². The number of ether oxygens (including phenoxy) is 1. The first-order chi connectivity index (χ1) is 6.79. The average molecular weight is 191 g/mol. The summed E-state index contributed by atoms with van der Waals surface area (Å²) in [6.07, 6.45) is 2.52. The van der Waals surface area contributed by atoms with E-state index in [9.17, 15) is 0 Å². The normalized spacial score (nSPS) is 21.1. The molecule has 0 bridgehead atoms. The molecule has 14 heavy (non-hydrogen) atoms. The maximum Gasteiger partial charge on any atom is 0.119 e. The first-order valence-corrected chi connectivity index (χ1v) is 5.18. The molecule has 0 aromatic heterocycles. The second kappa shape index (κ2) is 4.01. The van der Waals surface area contributed by atoms with E-state index in [0.29, 0.717) is 6.04 Å². The van der Waals surface area contributed by atoms with Gasteiger partial charge in [0.05, 0.1) is 7.11 Å². The van der Waals surface area contributed by atoms with E-state index in [4.69, 9.17) is 4.74 Å². The van der Waals surface area contributed by atoms with Crippen molar-refractivity contribution in [1.29, 1.82) is 0 Å². The molecular formula is C12H17NO. The molecule has 1 aromatic rings. The predicted molar refractivity (Wildman–Crippen MR) is 57.7 cm³/mol. The Bertz CT molecular complexity index is 316. The quantitative estimate of drug-likeness (QED) is 0.775. The highest BCUT2D eigenvalue weighted by atomic mass is 16.5. The van der Waals surface area contributed by atoms with Crippen LogP contribution in [0.25, 0.3) is 0 Å². The molecule has 1 fully saturated rings. The van der Waals surface area contributed by atoms with Gasteiger partial charge in [0.1, 0.15) is 5.75 Å². The van der Waals surface area contributed by atoms with Crippen molar-refractivity contribution in [2.45, 2.75) is 25.8 Å². The fourth-order valence-electron chi connectivity index (χ4n) is 2.06. The molecule has 1 aromatic carbocycles. The minimum Gasteiger partial charge on any atom is -0.497 e. The number of hydrogen-bond acceptors (Lipinski definition) is 2. The lowest BCUT2D eigenvalue weighted by Gasteiger charge is -2.13. The van der Waals surface area contributed by atoms with Crippen LogP contribution in [0, 0.1) is 6.92 Å². The van der Waals surface area contributed by atoms with Crippen molar-refractivity contribution in [3.05, 3.63) is 29.3 Å². The Morgan fingerprint density at radius 2 is 2.21 bits per heavy atom. The van der Waals surface area contributed by atoms with E-state index < -0.39 is 0 Å².